The second-order valence-corrected chi connectivity index (χ2v) is 6.96. The minimum Gasteiger partial charge on any atom is -0.494 e. The van der Waals surface area contributed by atoms with Crippen LogP contribution in [0.5, 0.6) is 5.75 Å². The van der Waals surface area contributed by atoms with Gasteiger partial charge in [0.2, 0.25) is 5.91 Å². The molecule has 2 aromatic rings. The molecule has 1 saturated carbocycles. The van der Waals surface area contributed by atoms with Gasteiger partial charge in [0, 0.05) is 12.0 Å². The van der Waals surface area contributed by atoms with Crippen molar-refractivity contribution in [1.82, 2.24) is 5.32 Å². The van der Waals surface area contributed by atoms with Crippen molar-refractivity contribution in [2.24, 2.45) is 5.92 Å². The number of carbonyl (C=O) groups is 1. The molecular formula is C22H27NO2. The molecule has 0 radical (unpaired) electrons. The zero-order chi connectivity index (χ0) is 17.6. The molecule has 0 saturated heterocycles. The van der Waals surface area contributed by atoms with Crippen LogP contribution in [0.4, 0.5) is 0 Å². The normalized spacial score (nSPS) is 14.8. The van der Waals surface area contributed by atoms with Crippen LogP contribution in [0.2, 0.25) is 0 Å². The lowest BCUT2D eigenvalue weighted by molar-refractivity contribution is -0.122. The first-order chi connectivity index (χ1) is 12.2. The fraction of sp³-hybridized carbons (Fsp3) is 0.409. The number of benzene rings is 2. The van der Waals surface area contributed by atoms with Crippen LogP contribution in [0, 0.1) is 5.92 Å². The van der Waals surface area contributed by atoms with E-state index in [0.717, 1.165) is 38.0 Å². The molecule has 1 aliphatic carbocycles. The summed E-state index contributed by atoms with van der Waals surface area (Å²) in [6.07, 6.45) is 3.98. The van der Waals surface area contributed by atoms with Crippen molar-refractivity contribution in [2.45, 2.75) is 45.6 Å². The van der Waals surface area contributed by atoms with E-state index in [1.54, 1.807) is 0 Å². The van der Waals surface area contributed by atoms with Crippen molar-refractivity contribution < 1.29 is 9.53 Å². The van der Waals surface area contributed by atoms with Crippen molar-refractivity contribution in [2.75, 3.05) is 6.61 Å². The van der Waals surface area contributed by atoms with Crippen LogP contribution in [-0.2, 0) is 11.2 Å². The first-order valence-corrected chi connectivity index (χ1v) is 9.28. The van der Waals surface area contributed by atoms with Crippen LogP contribution in [0.3, 0.4) is 0 Å². The first kappa shape index (κ1) is 17.5. The Morgan fingerprint density at radius 1 is 1.08 bits per heavy atom. The Balaban J connectivity index is 1.56. The second kappa shape index (κ2) is 8.19. The summed E-state index contributed by atoms with van der Waals surface area (Å²) in [7, 11) is 0. The van der Waals surface area contributed by atoms with Crippen LogP contribution in [-0.4, -0.2) is 18.6 Å². The number of hydrogen-bond donors (Lipinski definition) is 1. The molecule has 1 N–H and O–H groups in total. The van der Waals surface area contributed by atoms with Gasteiger partial charge in [-0.2, -0.15) is 0 Å². The van der Waals surface area contributed by atoms with E-state index in [9.17, 15) is 4.79 Å². The zero-order valence-corrected chi connectivity index (χ0v) is 15.1. The third-order valence-corrected chi connectivity index (χ3v) is 4.49. The topological polar surface area (TPSA) is 38.3 Å². The lowest BCUT2D eigenvalue weighted by atomic mass is 10.0. The molecule has 2 aromatic carbocycles. The van der Waals surface area contributed by atoms with Gasteiger partial charge in [-0.25, -0.2) is 0 Å². The van der Waals surface area contributed by atoms with Crippen molar-refractivity contribution in [3.05, 3.63) is 54.1 Å². The molecule has 1 aliphatic rings. The highest BCUT2D eigenvalue weighted by molar-refractivity contribution is 5.81. The molecule has 1 unspecified atom stereocenters. The molecule has 1 atom stereocenters. The largest absolute Gasteiger partial charge is 0.494 e. The average molecular weight is 337 g/mol. The van der Waals surface area contributed by atoms with Crippen molar-refractivity contribution in [3.8, 4) is 16.9 Å². The average Bonchev–Trinajstić information content (AvgIpc) is 3.46. The summed E-state index contributed by atoms with van der Waals surface area (Å²) in [6.45, 7) is 4.93. The maximum Gasteiger partial charge on any atom is 0.223 e. The summed E-state index contributed by atoms with van der Waals surface area (Å²) in [5.41, 5.74) is 3.63. The third-order valence-electron chi connectivity index (χ3n) is 4.49. The predicted octanol–water partition coefficient (Wildman–Crippen LogP) is 4.60. The minimum absolute atomic E-state index is 0.175. The predicted molar refractivity (Wildman–Crippen MR) is 102 cm³/mol. The summed E-state index contributed by atoms with van der Waals surface area (Å²) in [4.78, 5) is 11.8. The SMILES string of the molecule is CCCOc1ccc(-c2ccc(CC(C)NC(=O)C3CC3)cc2)cc1. The van der Waals surface area contributed by atoms with E-state index in [4.69, 9.17) is 4.74 Å². The molecule has 1 amide bonds. The molecule has 25 heavy (non-hydrogen) atoms. The molecule has 132 valence electrons. The molecular weight excluding hydrogens is 310 g/mol. The third kappa shape index (κ3) is 5.09. The highest BCUT2D eigenvalue weighted by atomic mass is 16.5. The van der Waals surface area contributed by atoms with Crippen LogP contribution in [0.25, 0.3) is 11.1 Å². The lowest BCUT2D eigenvalue weighted by Gasteiger charge is -2.14. The minimum atomic E-state index is 0.175. The van der Waals surface area contributed by atoms with Gasteiger partial charge in [-0.1, -0.05) is 43.3 Å². The van der Waals surface area contributed by atoms with E-state index < -0.39 is 0 Å². The summed E-state index contributed by atoms with van der Waals surface area (Å²) in [5.74, 6) is 1.41. The Kier molecular flexibility index (Phi) is 5.75. The molecule has 0 spiro atoms. The van der Waals surface area contributed by atoms with Gasteiger partial charge in [-0.3, -0.25) is 4.79 Å². The summed E-state index contributed by atoms with van der Waals surface area (Å²) in [6, 6.07) is 17.0. The van der Waals surface area contributed by atoms with Crippen LogP contribution in [0.15, 0.2) is 48.5 Å². The number of ether oxygens (including phenoxy) is 1. The number of hydrogen-bond acceptors (Lipinski definition) is 2. The highest BCUT2D eigenvalue weighted by Crippen LogP contribution is 2.29. The standard InChI is InChI=1S/C22H27NO2/c1-3-14-25-21-12-10-19(11-13-21)18-6-4-17(5-7-18)15-16(2)23-22(24)20-8-9-20/h4-7,10-13,16,20H,3,8-9,14-15H2,1-2H3,(H,23,24). The van der Waals surface area contributed by atoms with Gasteiger partial charge < -0.3 is 10.1 Å². The maximum absolute atomic E-state index is 11.8. The van der Waals surface area contributed by atoms with E-state index in [1.165, 1.54) is 16.7 Å². The van der Waals surface area contributed by atoms with E-state index in [2.05, 4.69) is 55.6 Å². The fourth-order valence-electron chi connectivity index (χ4n) is 2.91. The van der Waals surface area contributed by atoms with Crippen LogP contribution < -0.4 is 10.1 Å². The van der Waals surface area contributed by atoms with Gasteiger partial charge in [0.1, 0.15) is 5.75 Å². The summed E-state index contributed by atoms with van der Waals surface area (Å²) in [5, 5.41) is 3.11. The number of rotatable bonds is 8. The maximum atomic E-state index is 11.8. The molecule has 0 aliphatic heterocycles. The van der Waals surface area contributed by atoms with Gasteiger partial charge >= 0.3 is 0 Å². The Morgan fingerprint density at radius 3 is 2.24 bits per heavy atom. The highest BCUT2D eigenvalue weighted by Gasteiger charge is 2.30. The summed E-state index contributed by atoms with van der Waals surface area (Å²) >= 11 is 0. The molecule has 3 rings (SSSR count). The Labute approximate surface area is 150 Å². The Bertz CT molecular complexity index is 687. The lowest BCUT2D eigenvalue weighted by Crippen LogP contribution is -2.35. The zero-order valence-electron chi connectivity index (χ0n) is 15.1. The first-order valence-electron chi connectivity index (χ1n) is 9.28. The second-order valence-electron chi connectivity index (χ2n) is 6.96. The van der Waals surface area contributed by atoms with E-state index >= 15 is 0 Å². The molecule has 3 nitrogen and oxygen atoms in total. The van der Waals surface area contributed by atoms with Gasteiger partial charge in [0.15, 0.2) is 0 Å². The van der Waals surface area contributed by atoms with Crippen LogP contribution in [0.1, 0.15) is 38.7 Å². The molecule has 1 fully saturated rings. The monoisotopic (exact) mass is 337 g/mol. The molecule has 3 heteroatoms. The number of carbonyl (C=O) groups excluding carboxylic acids is 1. The van der Waals surface area contributed by atoms with Crippen molar-refractivity contribution in [1.29, 1.82) is 0 Å². The quantitative estimate of drug-likeness (QED) is 0.764. The fourth-order valence-corrected chi connectivity index (χ4v) is 2.91. The summed E-state index contributed by atoms with van der Waals surface area (Å²) < 4.78 is 5.63. The number of amides is 1. The Hall–Kier alpha value is -2.29. The Morgan fingerprint density at radius 2 is 1.68 bits per heavy atom. The van der Waals surface area contributed by atoms with Gasteiger partial charge in [0.05, 0.1) is 6.61 Å². The van der Waals surface area contributed by atoms with Gasteiger partial charge in [-0.15, -0.1) is 0 Å². The number of nitrogens with one attached hydrogen (secondary N) is 1. The van der Waals surface area contributed by atoms with Crippen LogP contribution >= 0.6 is 0 Å². The van der Waals surface area contributed by atoms with Gasteiger partial charge in [-0.05, 0) is 61.4 Å². The van der Waals surface area contributed by atoms with E-state index in [1.807, 2.05) is 12.1 Å². The molecule has 0 heterocycles. The van der Waals surface area contributed by atoms with E-state index in [-0.39, 0.29) is 17.9 Å². The molecule has 0 bridgehead atoms. The molecule has 0 aromatic heterocycles. The van der Waals surface area contributed by atoms with Gasteiger partial charge in [0.25, 0.3) is 0 Å². The van der Waals surface area contributed by atoms with E-state index in [0.29, 0.717) is 0 Å². The van der Waals surface area contributed by atoms with Crippen molar-refractivity contribution >= 4 is 5.91 Å². The smallest absolute Gasteiger partial charge is 0.223 e. The van der Waals surface area contributed by atoms with Crippen molar-refractivity contribution in [3.63, 3.8) is 0 Å².